The SMILES string of the molecule is C[C@H]1c2ccc(NC(=O)[C@H]3CCCN3)c(O)c2C(O)=C2C(=O)[C@]3(O)C(O)=C(C(N)=O)C(=O)[C@@H](N(C)C)[C@@H]3[C@@H](O)C21. The smallest absolute Gasteiger partial charge is 0.255 e. The second-order valence-corrected chi connectivity index (χ2v) is 11.1. The molecule has 4 aliphatic rings. The minimum absolute atomic E-state index is 0.0228. The van der Waals surface area contributed by atoms with E-state index in [2.05, 4.69) is 10.6 Å². The Bertz CT molecular complexity index is 1410. The van der Waals surface area contributed by atoms with E-state index in [0.717, 1.165) is 6.42 Å². The number of nitrogens with zero attached hydrogens (tertiary/aromatic N) is 1. The van der Waals surface area contributed by atoms with Gasteiger partial charge in [-0.2, -0.15) is 0 Å². The maximum atomic E-state index is 14.0. The Labute approximate surface area is 229 Å². The van der Waals surface area contributed by atoms with Crippen molar-refractivity contribution in [3.8, 4) is 5.75 Å². The molecule has 13 heteroatoms. The van der Waals surface area contributed by atoms with Crippen LogP contribution in [-0.2, 0) is 19.2 Å². The van der Waals surface area contributed by atoms with Gasteiger partial charge in [0.1, 0.15) is 22.8 Å². The molecule has 5 rings (SSSR count). The number of ketones is 2. The highest BCUT2D eigenvalue weighted by atomic mass is 16.4. The minimum Gasteiger partial charge on any atom is -0.508 e. The van der Waals surface area contributed by atoms with Crippen molar-refractivity contribution >= 4 is 34.8 Å². The van der Waals surface area contributed by atoms with Crippen LogP contribution in [0.1, 0.15) is 36.8 Å². The summed E-state index contributed by atoms with van der Waals surface area (Å²) in [5.41, 5.74) is 0.999. The summed E-state index contributed by atoms with van der Waals surface area (Å²) in [6.07, 6.45) is -0.253. The van der Waals surface area contributed by atoms with Crippen molar-refractivity contribution in [1.29, 1.82) is 0 Å². The average Bonchev–Trinajstić information content (AvgIpc) is 3.42. The van der Waals surface area contributed by atoms with Crippen LogP contribution in [0.5, 0.6) is 5.75 Å². The molecule has 2 amide bonds. The van der Waals surface area contributed by atoms with Crippen molar-refractivity contribution in [3.63, 3.8) is 0 Å². The van der Waals surface area contributed by atoms with Crippen LogP contribution in [-0.4, -0.2) is 98.2 Å². The van der Waals surface area contributed by atoms with E-state index in [-0.39, 0.29) is 11.3 Å². The van der Waals surface area contributed by atoms with Crippen LogP contribution in [0, 0.1) is 11.8 Å². The normalized spacial score (nSPS) is 33.5. The summed E-state index contributed by atoms with van der Waals surface area (Å²) in [4.78, 5) is 53.3. The summed E-state index contributed by atoms with van der Waals surface area (Å²) in [6.45, 7) is 2.31. The number of nitrogens with one attached hydrogen (secondary N) is 2. The largest absolute Gasteiger partial charge is 0.508 e. The Morgan fingerprint density at radius 3 is 2.42 bits per heavy atom. The number of aliphatic hydroxyl groups excluding tert-OH is 3. The lowest BCUT2D eigenvalue weighted by molar-refractivity contribution is -0.169. The van der Waals surface area contributed by atoms with Gasteiger partial charge in [-0.1, -0.05) is 13.0 Å². The van der Waals surface area contributed by atoms with Gasteiger partial charge in [-0.3, -0.25) is 24.1 Å². The van der Waals surface area contributed by atoms with Crippen molar-refractivity contribution in [2.24, 2.45) is 17.6 Å². The summed E-state index contributed by atoms with van der Waals surface area (Å²) in [6, 6.07) is 1.11. The van der Waals surface area contributed by atoms with Crippen LogP contribution < -0.4 is 16.4 Å². The molecule has 2 fully saturated rings. The number of benzene rings is 1. The number of phenols is 1. The summed E-state index contributed by atoms with van der Waals surface area (Å²) in [5.74, 6) is -10.1. The Morgan fingerprint density at radius 2 is 1.85 bits per heavy atom. The van der Waals surface area contributed by atoms with Gasteiger partial charge in [-0.05, 0) is 51.0 Å². The summed E-state index contributed by atoms with van der Waals surface area (Å²) in [7, 11) is 2.89. The fourth-order valence-electron chi connectivity index (χ4n) is 6.85. The number of likely N-dealkylation sites (N-methyl/N-ethyl adjacent to an activating group) is 1. The number of Topliss-reactive ketones (excluding diaryl/α,β-unsaturated/α-hetero) is 2. The number of hydrogen-bond acceptors (Lipinski definition) is 11. The standard InChI is InChI=1S/C27H32N4O9/c1-9-10-6-7-11(30-26(39)12-5-4-8-29-12)19(32)14(10)20(33)15-13(9)21(34)17-18(31(2)3)22(35)16(25(28)38)24(37)27(17,40)23(15)36/h6-7,9,12-13,17-18,21,29,32-34,37,40H,4-5,8H2,1-3H3,(H2,28,38)(H,30,39)/t9-,12+,13?,17+,18-,21-,27-/m0/s1. The summed E-state index contributed by atoms with van der Waals surface area (Å²) >= 11 is 0. The maximum absolute atomic E-state index is 14.0. The first-order valence-electron chi connectivity index (χ1n) is 13.0. The third-order valence-corrected chi connectivity index (χ3v) is 8.76. The zero-order valence-electron chi connectivity index (χ0n) is 22.1. The van der Waals surface area contributed by atoms with Crippen LogP contribution in [0.25, 0.3) is 5.76 Å². The number of aliphatic hydroxyl groups is 4. The second kappa shape index (κ2) is 9.41. The molecule has 1 unspecified atom stereocenters. The molecule has 214 valence electrons. The Hall–Kier alpha value is -3.78. The minimum atomic E-state index is -2.99. The lowest BCUT2D eigenvalue weighted by Gasteiger charge is -2.53. The van der Waals surface area contributed by atoms with E-state index in [1.54, 1.807) is 13.0 Å². The van der Waals surface area contributed by atoms with E-state index in [1.165, 1.54) is 25.1 Å². The van der Waals surface area contributed by atoms with Crippen molar-refractivity contribution in [3.05, 3.63) is 40.2 Å². The number of carbonyl (C=O) groups is 4. The van der Waals surface area contributed by atoms with Crippen LogP contribution in [0.2, 0.25) is 0 Å². The van der Waals surface area contributed by atoms with Crippen molar-refractivity contribution < 1.29 is 44.7 Å². The van der Waals surface area contributed by atoms with Gasteiger partial charge in [-0.25, -0.2) is 0 Å². The van der Waals surface area contributed by atoms with Gasteiger partial charge in [0.25, 0.3) is 5.91 Å². The number of rotatable bonds is 4. The molecule has 0 radical (unpaired) electrons. The molecule has 3 aliphatic carbocycles. The molecule has 0 spiro atoms. The zero-order chi connectivity index (χ0) is 29.4. The van der Waals surface area contributed by atoms with Gasteiger partial charge in [0, 0.05) is 11.5 Å². The molecule has 0 aromatic heterocycles. The number of nitrogens with two attached hydrogens (primary N) is 1. The topological polar surface area (TPSA) is 223 Å². The quantitative estimate of drug-likeness (QED) is 0.169. The molecule has 1 saturated carbocycles. The highest BCUT2D eigenvalue weighted by Crippen LogP contribution is 2.56. The first kappa shape index (κ1) is 27.8. The molecule has 40 heavy (non-hydrogen) atoms. The molecule has 1 aromatic rings. The van der Waals surface area contributed by atoms with Crippen LogP contribution >= 0.6 is 0 Å². The van der Waals surface area contributed by atoms with Gasteiger partial charge in [-0.15, -0.1) is 0 Å². The molecule has 13 nitrogen and oxygen atoms in total. The van der Waals surface area contributed by atoms with Gasteiger partial charge >= 0.3 is 0 Å². The molecule has 1 aromatic carbocycles. The van der Waals surface area contributed by atoms with Crippen molar-refractivity contribution in [1.82, 2.24) is 10.2 Å². The van der Waals surface area contributed by atoms with Crippen molar-refractivity contribution in [2.45, 2.75) is 49.5 Å². The van der Waals surface area contributed by atoms with Gasteiger partial charge in [0.15, 0.2) is 11.4 Å². The molecule has 1 heterocycles. The molecular weight excluding hydrogens is 524 g/mol. The Morgan fingerprint density at radius 1 is 1.18 bits per heavy atom. The van der Waals surface area contributed by atoms with E-state index in [0.29, 0.717) is 18.5 Å². The number of primary amides is 1. The van der Waals surface area contributed by atoms with E-state index in [4.69, 9.17) is 5.73 Å². The zero-order valence-corrected chi connectivity index (χ0v) is 22.1. The Balaban J connectivity index is 1.68. The number of anilines is 1. The lowest BCUT2D eigenvalue weighted by Crippen LogP contribution is -2.70. The van der Waals surface area contributed by atoms with Crippen LogP contribution in [0.15, 0.2) is 29.0 Å². The summed E-state index contributed by atoms with van der Waals surface area (Å²) in [5, 5.41) is 62.5. The fraction of sp³-hybridized carbons (Fsp3) is 0.481. The molecular formula is C27H32N4O9. The number of phenolic OH excluding ortho intramolecular Hbond substituents is 1. The third kappa shape index (κ3) is 3.61. The Kier molecular flexibility index (Phi) is 6.53. The predicted molar refractivity (Wildman–Crippen MR) is 140 cm³/mol. The number of aromatic hydroxyl groups is 1. The van der Waals surface area contributed by atoms with E-state index >= 15 is 0 Å². The first-order valence-corrected chi connectivity index (χ1v) is 13.0. The molecule has 0 bridgehead atoms. The van der Waals surface area contributed by atoms with Gasteiger partial charge in [0.2, 0.25) is 11.7 Å². The summed E-state index contributed by atoms with van der Waals surface area (Å²) < 4.78 is 0. The van der Waals surface area contributed by atoms with Crippen LogP contribution in [0.4, 0.5) is 5.69 Å². The predicted octanol–water partition coefficient (Wildman–Crippen LogP) is -0.814. The number of amides is 2. The van der Waals surface area contributed by atoms with Gasteiger partial charge in [0.05, 0.1) is 35.4 Å². The fourth-order valence-corrected chi connectivity index (χ4v) is 6.85. The highest BCUT2D eigenvalue weighted by Gasteiger charge is 2.68. The number of hydrogen-bond donors (Lipinski definition) is 8. The molecule has 7 atom stereocenters. The average molecular weight is 557 g/mol. The van der Waals surface area contributed by atoms with Crippen LogP contribution in [0.3, 0.4) is 0 Å². The number of fused-ring (bicyclic) bond motifs is 3. The maximum Gasteiger partial charge on any atom is 0.255 e. The van der Waals surface area contributed by atoms with E-state index in [1.807, 2.05) is 0 Å². The highest BCUT2D eigenvalue weighted by molar-refractivity contribution is 6.24. The first-order chi connectivity index (χ1) is 18.7. The third-order valence-electron chi connectivity index (χ3n) is 8.76. The molecule has 1 saturated heterocycles. The van der Waals surface area contributed by atoms with Crippen molar-refractivity contribution in [2.75, 3.05) is 26.0 Å². The van der Waals surface area contributed by atoms with E-state index < -0.39 is 93.3 Å². The molecule has 9 N–H and O–H groups in total. The lowest BCUT2D eigenvalue weighted by atomic mass is 9.54. The van der Waals surface area contributed by atoms with E-state index in [9.17, 15) is 44.7 Å². The van der Waals surface area contributed by atoms with Gasteiger partial charge < -0.3 is 41.9 Å². The second-order valence-electron chi connectivity index (χ2n) is 11.1. The molecule has 1 aliphatic heterocycles. The number of carbonyl (C=O) groups excluding carboxylic acids is 4. The monoisotopic (exact) mass is 556 g/mol.